The van der Waals surface area contributed by atoms with Gasteiger partial charge in [-0.3, -0.25) is 0 Å². The second kappa shape index (κ2) is 3.23. The molecule has 2 nitrogen and oxygen atoms in total. The molecule has 2 aromatic rings. The molecular formula is C10H8ClNO. The summed E-state index contributed by atoms with van der Waals surface area (Å²) in [6.45, 7) is 0. The van der Waals surface area contributed by atoms with Crippen molar-refractivity contribution in [2.45, 2.75) is 0 Å². The van der Waals surface area contributed by atoms with E-state index < -0.39 is 0 Å². The largest absolute Gasteiger partial charge is 0.481 e. The fraction of sp³-hybridized carbons (Fsp3) is 0.100. The molecule has 1 aromatic carbocycles. The molecule has 0 unspecified atom stereocenters. The van der Waals surface area contributed by atoms with Gasteiger partial charge in [0.25, 0.3) is 0 Å². The molecule has 0 fully saturated rings. The van der Waals surface area contributed by atoms with E-state index in [2.05, 4.69) is 4.98 Å². The highest BCUT2D eigenvalue weighted by Gasteiger charge is 2.04. The zero-order chi connectivity index (χ0) is 9.26. The second-order valence-electron chi connectivity index (χ2n) is 2.66. The van der Waals surface area contributed by atoms with E-state index in [-0.39, 0.29) is 0 Å². The Hall–Kier alpha value is -1.28. The zero-order valence-electron chi connectivity index (χ0n) is 7.12. The van der Waals surface area contributed by atoms with Gasteiger partial charge in [0, 0.05) is 10.8 Å². The molecule has 0 bridgehead atoms. The predicted octanol–water partition coefficient (Wildman–Crippen LogP) is 2.90. The number of hydrogen-bond acceptors (Lipinski definition) is 2. The number of methoxy groups -OCH3 is 1. The van der Waals surface area contributed by atoms with Crippen LogP contribution in [0.4, 0.5) is 0 Å². The lowest BCUT2D eigenvalue weighted by Crippen LogP contribution is -1.88. The van der Waals surface area contributed by atoms with Crippen LogP contribution in [0.1, 0.15) is 0 Å². The fourth-order valence-electron chi connectivity index (χ4n) is 1.29. The maximum Gasteiger partial charge on any atom is 0.221 e. The number of aromatic nitrogens is 1. The molecule has 1 aromatic heterocycles. The number of benzene rings is 1. The molecule has 0 amide bonds. The third-order valence-corrected chi connectivity index (χ3v) is 2.20. The third kappa shape index (κ3) is 1.33. The van der Waals surface area contributed by atoms with Crippen LogP contribution in [-0.4, -0.2) is 12.1 Å². The Morgan fingerprint density at radius 1 is 1.23 bits per heavy atom. The maximum absolute atomic E-state index is 5.97. The number of fused-ring (bicyclic) bond motifs is 1. The molecule has 3 heteroatoms. The molecule has 0 saturated carbocycles. The summed E-state index contributed by atoms with van der Waals surface area (Å²) in [5, 5.41) is 2.56. The lowest BCUT2D eigenvalue weighted by atomic mass is 10.2. The Balaban J connectivity index is 2.84. The second-order valence-corrected chi connectivity index (χ2v) is 3.07. The van der Waals surface area contributed by atoms with Crippen molar-refractivity contribution in [2.75, 3.05) is 7.11 Å². The average Bonchev–Trinajstić information content (AvgIpc) is 2.19. The molecule has 0 spiro atoms. The molecule has 0 radical (unpaired) electrons. The van der Waals surface area contributed by atoms with E-state index >= 15 is 0 Å². The van der Waals surface area contributed by atoms with Crippen LogP contribution >= 0.6 is 11.6 Å². The number of ether oxygens (including phenoxy) is 1. The van der Waals surface area contributed by atoms with Crippen LogP contribution in [0.15, 0.2) is 30.5 Å². The number of halogens is 1. The molecule has 66 valence electrons. The summed E-state index contributed by atoms with van der Waals surface area (Å²) in [5.41, 5.74) is 0. The van der Waals surface area contributed by atoms with Crippen molar-refractivity contribution in [2.24, 2.45) is 0 Å². The van der Waals surface area contributed by atoms with Gasteiger partial charge in [0.1, 0.15) is 0 Å². The predicted molar refractivity (Wildman–Crippen MR) is 53.3 cm³/mol. The minimum absolute atomic E-state index is 0.611. The van der Waals surface area contributed by atoms with Gasteiger partial charge in [-0.15, -0.1) is 0 Å². The number of hydrogen-bond donors (Lipinski definition) is 0. The molecule has 0 aliphatic rings. The first-order chi connectivity index (χ1) is 6.33. The van der Waals surface area contributed by atoms with E-state index in [0.29, 0.717) is 10.9 Å². The average molecular weight is 194 g/mol. The van der Waals surface area contributed by atoms with Crippen molar-refractivity contribution in [1.29, 1.82) is 0 Å². The van der Waals surface area contributed by atoms with Crippen LogP contribution in [0, 0.1) is 0 Å². The molecule has 1 heterocycles. The standard InChI is InChI=1S/C10H8ClNO/c1-13-10-8-5-3-2-4-7(8)9(11)6-12-10/h2-6H,1H3. The summed E-state index contributed by atoms with van der Waals surface area (Å²) in [6.07, 6.45) is 1.60. The van der Waals surface area contributed by atoms with Crippen molar-refractivity contribution >= 4 is 22.4 Å². The van der Waals surface area contributed by atoms with Gasteiger partial charge >= 0.3 is 0 Å². The van der Waals surface area contributed by atoms with E-state index in [1.807, 2.05) is 24.3 Å². The van der Waals surface area contributed by atoms with Crippen LogP contribution in [0.25, 0.3) is 10.8 Å². The van der Waals surface area contributed by atoms with Gasteiger partial charge < -0.3 is 4.74 Å². The molecule has 0 atom stereocenters. The lowest BCUT2D eigenvalue weighted by Gasteiger charge is -2.04. The van der Waals surface area contributed by atoms with Gasteiger partial charge in [-0.2, -0.15) is 0 Å². The molecule has 0 saturated heterocycles. The zero-order valence-corrected chi connectivity index (χ0v) is 7.88. The Labute approximate surface area is 81.1 Å². The monoisotopic (exact) mass is 193 g/mol. The van der Waals surface area contributed by atoms with Gasteiger partial charge in [0.2, 0.25) is 5.88 Å². The van der Waals surface area contributed by atoms with Gasteiger partial charge in [-0.25, -0.2) is 4.98 Å². The van der Waals surface area contributed by atoms with E-state index in [1.165, 1.54) is 0 Å². The highest BCUT2D eigenvalue weighted by Crippen LogP contribution is 2.28. The lowest BCUT2D eigenvalue weighted by molar-refractivity contribution is 0.403. The Bertz CT molecular complexity index is 442. The molecule has 0 aliphatic heterocycles. The van der Waals surface area contributed by atoms with Crippen LogP contribution in [0.3, 0.4) is 0 Å². The van der Waals surface area contributed by atoms with Gasteiger partial charge in [-0.05, 0) is 6.07 Å². The smallest absolute Gasteiger partial charge is 0.221 e. The first-order valence-corrected chi connectivity index (χ1v) is 4.28. The van der Waals surface area contributed by atoms with Gasteiger partial charge in [0.05, 0.1) is 18.3 Å². The quantitative estimate of drug-likeness (QED) is 0.695. The van der Waals surface area contributed by atoms with Crippen LogP contribution < -0.4 is 4.74 Å². The van der Waals surface area contributed by atoms with E-state index in [1.54, 1.807) is 13.3 Å². The van der Waals surface area contributed by atoms with Crippen LogP contribution in [-0.2, 0) is 0 Å². The normalized spacial score (nSPS) is 10.3. The van der Waals surface area contributed by atoms with Crippen molar-refractivity contribution in [3.63, 3.8) is 0 Å². The summed E-state index contributed by atoms with van der Waals surface area (Å²) in [5.74, 6) is 0.611. The fourth-order valence-corrected chi connectivity index (χ4v) is 1.51. The third-order valence-electron chi connectivity index (χ3n) is 1.90. The minimum Gasteiger partial charge on any atom is -0.481 e. The van der Waals surface area contributed by atoms with Gasteiger partial charge in [-0.1, -0.05) is 29.8 Å². The van der Waals surface area contributed by atoms with Crippen molar-refractivity contribution in [3.05, 3.63) is 35.5 Å². The van der Waals surface area contributed by atoms with E-state index in [4.69, 9.17) is 16.3 Å². The summed E-state index contributed by atoms with van der Waals surface area (Å²) >= 11 is 5.97. The molecule has 2 rings (SSSR count). The Morgan fingerprint density at radius 3 is 2.62 bits per heavy atom. The number of nitrogens with zero attached hydrogens (tertiary/aromatic N) is 1. The molecule has 13 heavy (non-hydrogen) atoms. The van der Waals surface area contributed by atoms with E-state index in [0.717, 1.165) is 10.8 Å². The highest BCUT2D eigenvalue weighted by atomic mass is 35.5. The Morgan fingerprint density at radius 2 is 1.92 bits per heavy atom. The summed E-state index contributed by atoms with van der Waals surface area (Å²) in [4.78, 5) is 4.07. The first kappa shape index (κ1) is 8.32. The summed E-state index contributed by atoms with van der Waals surface area (Å²) in [6, 6.07) is 7.76. The van der Waals surface area contributed by atoms with Crippen LogP contribution in [0.5, 0.6) is 5.88 Å². The highest BCUT2D eigenvalue weighted by molar-refractivity contribution is 6.35. The summed E-state index contributed by atoms with van der Waals surface area (Å²) < 4.78 is 5.11. The molecular weight excluding hydrogens is 186 g/mol. The Kier molecular flexibility index (Phi) is 2.07. The summed E-state index contributed by atoms with van der Waals surface area (Å²) in [7, 11) is 1.60. The minimum atomic E-state index is 0.611. The first-order valence-electron chi connectivity index (χ1n) is 3.90. The van der Waals surface area contributed by atoms with Crippen molar-refractivity contribution < 1.29 is 4.74 Å². The van der Waals surface area contributed by atoms with Gasteiger partial charge in [0.15, 0.2) is 0 Å². The van der Waals surface area contributed by atoms with Crippen molar-refractivity contribution in [3.8, 4) is 5.88 Å². The SMILES string of the molecule is COc1ncc(Cl)c2ccccc12. The number of pyridine rings is 1. The molecule has 0 aliphatic carbocycles. The number of rotatable bonds is 1. The maximum atomic E-state index is 5.97. The topological polar surface area (TPSA) is 22.1 Å². The molecule has 0 N–H and O–H groups in total. The van der Waals surface area contributed by atoms with Crippen molar-refractivity contribution in [1.82, 2.24) is 4.98 Å². The van der Waals surface area contributed by atoms with Crippen LogP contribution in [0.2, 0.25) is 5.02 Å². The van der Waals surface area contributed by atoms with E-state index in [9.17, 15) is 0 Å².